The Hall–Kier alpha value is -3.04. The van der Waals surface area contributed by atoms with Crippen LogP contribution in [-0.4, -0.2) is 53.8 Å². The summed E-state index contributed by atoms with van der Waals surface area (Å²) in [5.41, 5.74) is 3.06. The highest BCUT2D eigenvalue weighted by molar-refractivity contribution is 9.10. The molecule has 0 spiro atoms. The van der Waals surface area contributed by atoms with Gasteiger partial charge in [0.05, 0.1) is 13.7 Å². The first-order chi connectivity index (χ1) is 15.5. The molecule has 0 aliphatic carbocycles. The highest BCUT2D eigenvalue weighted by Gasteiger charge is 2.36. The first-order valence-corrected chi connectivity index (χ1v) is 10.9. The molecule has 8 nitrogen and oxygen atoms in total. The van der Waals surface area contributed by atoms with E-state index in [9.17, 15) is 9.59 Å². The fourth-order valence-corrected chi connectivity index (χ4v) is 4.13. The van der Waals surface area contributed by atoms with Crippen LogP contribution in [0.2, 0.25) is 0 Å². The Balaban J connectivity index is 1.63. The van der Waals surface area contributed by atoms with E-state index in [2.05, 4.69) is 26.1 Å². The summed E-state index contributed by atoms with van der Waals surface area (Å²) in [4.78, 5) is 27.5. The summed E-state index contributed by atoms with van der Waals surface area (Å²) in [6.07, 6.45) is 0.902. The SMILES string of the molecule is COCCc1nnc(-c2cccc(C(=O)N3Cc4cc(Br)ccc4CC3C(=O)OC)c2)o1. The first-order valence-electron chi connectivity index (χ1n) is 10.1. The molecule has 0 bridgehead atoms. The number of fused-ring (bicyclic) bond motifs is 1. The van der Waals surface area contributed by atoms with Gasteiger partial charge in [-0.15, -0.1) is 10.2 Å². The zero-order valence-corrected chi connectivity index (χ0v) is 19.3. The lowest BCUT2D eigenvalue weighted by Gasteiger charge is -2.35. The van der Waals surface area contributed by atoms with Crippen LogP contribution in [0.15, 0.2) is 51.4 Å². The van der Waals surface area contributed by atoms with Crippen molar-refractivity contribution in [2.75, 3.05) is 20.8 Å². The predicted octanol–water partition coefficient (Wildman–Crippen LogP) is 3.43. The van der Waals surface area contributed by atoms with Crippen molar-refractivity contribution in [3.8, 4) is 11.5 Å². The molecule has 1 aliphatic rings. The van der Waals surface area contributed by atoms with Crippen LogP contribution < -0.4 is 0 Å². The van der Waals surface area contributed by atoms with Crippen LogP contribution in [-0.2, 0) is 33.7 Å². The summed E-state index contributed by atoms with van der Waals surface area (Å²) in [6, 6.07) is 12.1. The number of hydrogen-bond acceptors (Lipinski definition) is 7. The molecule has 2 heterocycles. The number of hydrogen-bond donors (Lipinski definition) is 0. The van der Waals surface area contributed by atoms with Crippen molar-refractivity contribution < 1.29 is 23.5 Å². The third-order valence-electron chi connectivity index (χ3n) is 5.38. The Labute approximate surface area is 193 Å². The molecule has 0 radical (unpaired) electrons. The minimum Gasteiger partial charge on any atom is -0.467 e. The molecule has 1 atom stereocenters. The first kappa shape index (κ1) is 22.2. The molecule has 166 valence electrons. The minimum absolute atomic E-state index is 0.271. The van der Waals surface area contributed by atoms with E-state index in [1.54, 1.807) is 36.3 Å². The van der Waals surface area contributed by atoms with Crippen molar-refractivity contribution in [3.05, 3.63) is 69.5 Å². The Morgan fingerprint density at radius 2 is 2.00 bits per heavy atom. The maximum absolute atomic E-state index is 13.5. The summed E-state index contributed by atoms with van der Waals surface area (Å²) in [5, 5.41) is 8.09. The largest absolute Gasteiger partial charge is 0.467 e. The van der Waals surface area contributed by atoms with Gasteiger partial charge in [0, 0.05) is 42.1 Å². The van der Waals surface area contributed by atoms with E-state index in [0.29, 0.717) is 48.9 Å². The lowest BCUT2D eigenvalue weighted by molar-refractivity contribution is -0.146. The van der Waals surface area contributed by atoms with Gasteiger partial charge in [-0.2, -0.15) is 0 Å². The Morgan fingerprint density at radius 1 is 1.16 bits per heavy atom. The molecule has 0 saturated carbocycles. The van der Waals surface area contributed by atoms with E-state index in [-0.39, 0.29) is 5.91 Å². The zero-order chi connectivity index (χ0) is 22.7. The van der Waals surface area contributed by atoms with Crippen LogP contribution in [0.5, 0.6) is 0 Å². The standard InChI is InChI=1S/C23H22BrN3O5/c1-30-9-8-20-25-26-21(32-20)15-4-3-5-16(10-15)22(28)27-13-17-11-18(24)7-6-14(17)12-19(27)23(29)31-2/h3-7,10-11,19H,8-9,12-13H2,1-2H3. The van der Waals surface area contributed by atoms with Crippen LogP contribution in [0.4, 0.5) is 0 Å². The van der Waals surface area contributed by atoms with Crippen molar-refractivity contribution in [2.45, 2.75) is 25.4 Å². The van der Waals surface area contributed by atoms with Crippen molar-refractivity contribution >= 4 is 27.8 Å². The van der Waals surface area contributed by atoms with E-state index < -0.39 is 12.0 Å². The van der Waals surface area contributed by atoms with Gasteiger partial charge in [0.2, 0.25) is 11.8 Å². The summed E-state index contributed by atoms with van der Waals surface area (Å²) >= 11 is 3.48. The number of rotatable bonds is 6. The van der Waals surface area contributed by atoms with Gasteiger partial charge in [-0.05, 0) is 41.5 Å². The van der Waals surface area contributed by atoms with Gasteiger partial charge in [0.25, 0.3) is 5.91 Å². The number of benzene rings is 2. The predicted molar refractivity (Wildman–Crippen MR) is 119 cm³/mol. The van der Waals surface area contributed by atoms with Crippen molar-refractivity contribution in [3.63, 3.8) is 0 Å². The van der Waals surface area contributed by atoms with Crippen LogP contribution in [0.3, 0.4) is 0 Å². The highest BCUT2D eigenvalue weighted by Crippen LogP contribution is 2.29. The summed E-state index contributed by atoms with van der Waals surface area (Å²) in [5.74, 6) is 0.0699. The molecule has 0 N–H and O–H groups in total. The Bertz CT molecular complexity index is 1150. The fourth-order valence-electron chi connectivity index (χ4n) is 3.72. The van der Waals surface area contributed by atoms with E-state index >= 15 is 0 Å². The lowest BCUT2D eigenvalue weighted by Crippen LogP contribution is -2.49. The summed E-state index contributed by atoms with van der Waals surface area (Å²) < 4.78 is 16.6. The number of esters is 1. The average Bonchev–Trinajstić information content (AvgIpc) is 3.30. The molecule has 1 aromatic heterocycles. The van der Waals surface area contributed by atoms with Crippen molar-refractivity contribution in [1.82, 2.24) is 15.1 Å². The van der Waals surface area contributed by atoms with Gasteiger partial charge in [0.1, 0.15) is 6.04 Å². The van der Waals surface area contributed by atoms with Gasteiger partial charge in [-0.25, -0.2) is 4.79 Å². The molecule has 1 amide bonds. The van der Waals surface area contributed by atoms with E-state index in [0.717, 1.165) is 15.6 Å². The number of carbonyl (C=O) groups is 2. The van der Waals surface area contributed by atoms with E-state index in [4.69, 9.17) is 13.9 Å². The van der Waals surface area contributed by atoms with E-state index in [1.165, 1.54) is 7.11 Å². The van der Waals surface area contributed by atoms with Crippen LogP contribution in [0.25, 0.3) is 11.5 Å². The molecular weight excluding hydrogens is 478 g/mol. The molecule has 1 aliphatic heterocycles. The van der Waals surface area contributed by atoms with Gasteiger partial charge in [-0.1, -0.05) is 28.1 Å². The summed E-state index contributed by atoms with van der Waals surface area (Å²) in [7, 11) is 2.94. The average molecular weight is 500 g/mol. The number of methoxy groups -OCH3 is 2. The lowest BCUT2D eigenvalue weighted by atomic mass is 9.93. The van der Waals surface area contributed by atoms with E-state index in [1.807, 2.05) is 18.2 Å². The van der Waals surface area contributed by atoms with Crippen LogP contribution in [0.1, 0.15) is 27.4 Å². The fraction of sp³-hybridized carbons (Fsp3) is 0.304. The molecule has 0 saturated heterocycles. The normalized spacial score (nSPS) is 15.3. The number of aromatic nitrogens is 2. The monoisotopic (exact) mass is 499 g/mol. The third-order valence-corrected chi connectivity index (χ3v) is 5.87. The molecule has 2 aromatic carbocycles. The van der Waals surface area contributed by atoms with Gasteiger partial charge in [-0.3, -0.25) is 4.79 Å². The second-order valence-electron chi connectivity index (χ2n) is 7.41. The molecule has 32 heavy (non-hydrogen) atoms. The second-order valence-corrected chi connectivity index (χ2v) is 8.33. The maximum atomic E-state index is 13.5. The second kappa shape index (κ2) is 9.62. The number of amides is 1. The topological polar surface area (TPSA) is 94.8 Å². The Kier molecular flexibility index (Phi) is 6.66. The van der Waals surface area contributed by atoms with Crippen molar-refractivity contribution in [1.29, 1.82) is 0 Å². The number of ether oxygens (including phenoxy) is 2. The highest BCUT2D eigenvalue weighted by atomic mass is 79.9. The molecule has 4 rings (SSSR count). The van der Waals surface area contributed by atoms with Gasteiger partial charge >= 0.3 is 5.97 Å². The molecule has 9 heteroatoms. The third kappa shape index (κ3) is 4.58. The van der Waals surface area contributed by atoms with Gasteiger partial charge in [0.15, 0.2) is 0 Å². The van der Waals surface area contributed by atoms with Gasteiger partial charge < -0.3 is 18.8 Å². The number of nitrogens with zero attached hydrogens (tertiary/aromatic N) is 3. The Morgan fingerprint density at radius 3 is 2.78 bits per heavy atom. The smallest absolute Gasteiger partial charge is 0.328 e. The number of carbonyl (C=O) groups excluding carboxylic acids is 2. The maximum Gasteiger partial charge on any atom is 0.328 e. The van der Waals surface area contributed by atoms with Crippen molar-refractivity contribution in [2.24, 2.45) is 0 Å². The molecule has 0 fully saturated rings. The quantitative estimate of drug-likeness (QED) is 0.479. The summed E-state index contributed by atoms with van der Waals surface area (Å²) in [6.45, 7) is 0.779. The van der Waals surface area contributed by atoms with Crippen LogP contribution in [0, 0.1) is 0 Å². The number of halogens is 1. The van der Waals surface area contributed by atoms with Crippen LogP contribution >= 0.6 is 15.9 Å². The molecular formula is C23H22BrN3O5. The molecule has 3 aromatic rings. The minimum atomic E-state index is -0.700. The molecule has 1 unspecified atom stereocenters. The zero-order valence-electron chi connectivity index (χ0n) is 17.7.